The minimum atomic E-state index is 0.201. The van der Waals surface area contributed by atoms with Crippen LogP contribution in [0.25, 0.3) is 10.9 Å². The van der Waals surface area contributed by atoms with Gasteiger partial charge < -0.3 is 5.11 Å². The molecule has 0 amide bonds. The first-order valence-electron chi connectivity index (χ1n) is 6.93. The van der Waals surface area contributed by atoms with Crippen molar-refractivity contribution in [3.8, 4) is 5.75 Å². The molecular weight excluding hydrogens is 340 g/mol. The lowest BCUT2D eigenvalue weighted by molar-refractivity contribution is 0.471. The van der Waals surface area contributed by atoms with Crippen molar-refractivity contribution in [2.24, 2.45) is 4.99 Å². The zero-order valence-corrected chi connectivity index (χ0v) is 13.9. The van der Waals surface area contributed by atoms with Crippen LogP contribution in [-0.2, 0) is 0 Å². The van der Waals surface area contributed by atoms with E-state index < -0.39 is 0 Å². The third kappa shape index (κ3) is 3.02. The molecular formula is C18H15BrN2O. The number of phenolic OH excluding ortho intramolecular Hbond substituents is 1. The number of benzene rings is 2. The highest BCUT2D eigenvalue weighted by molar-refractivity contribution is 9.10. The highest BCUT2D eigenvalue weighted by atomic mass is 79.9. The Morgan fingerprint density at radius 1 is 1.09 bits per heavy atom. The molecule has 1 aromatic heterocycles. The summed E-state index contributed by atoms with van der Waals surface area (Å²) >= 11 is 3.34. The van der Waals surface area contributed by atoms with E-state index in [4.69, 9.17) is 0 Å². The fourth-order valence-electron chi connectivity index (χ4n) is 2.30. The zero-order chi connectivity index (χ0) is 15.7. The fourth-order valence-corrected chi connectivity index (χ4v) is 2.89. The number of pyridine rings is 1. The van der Waals surface area contributed by atoms with Crippen LogP contribution in [0.2, 0.25) is 0 Å². The van der Waals surface area contributed by atoms with Crippen LogP contribution in [0, 0.1) is 13.8 Å². The number of aryl methyl sites for hydroxylation is 2. The van der Waals surface area contributed by atoms with E-state index in [1.54, 1.807) is 6.21 Å². The minimum absolute atomic E-state index is 0.201. The molecule has 0 unspecified atom stereocenters. The van der Waals surface area contributed by atoms with Gasteiger partial charge in [-0.2, -0.15) is 0 Å². The molecule has 3 nitrogen and oxygen atoms in total. The molecule has 0 aliphatic rings. The van der Waals surface area contributed by atoms with E-state index in [1.165, 1.54) is 0 Å². The number of hydrogen-bond donors (Lipinski definition) is 1. The molecule has 0 spiro atoms. The Bertz CT molecular complexity index is 888. The van der Waals surface area contributed by atoms with Crippen molar-refractivity contribution in [3.05, 3.63) is 63.8 Å². The molecule has 1 N–H and O–H groups in total. The monoisotopic (exact) mass is 354 g/mol. The summed E-state index contributed by atoms with van der Waals surface area (Å²) in [6.45, 7) is 3.95. The van der Waals surface area contributed by atoms with E-state index in [2.05, 4.69) is 25.9 Å². The number of halogens is 1. The summed E-state index contributed by atoms with van der Waals surface area (Å²) in [5, 5.41) is 11.1. The zero-order valence-electron chi connectivity index (χ0n) is 12.3. The van der Waals surface area contributed by atoms with Crippen LogP contribution >= 0.6 is 15.9 Å². The van der Waals surface area contributed by atoms with Gasteiger partial charge in [-0.15, -0.1) is 0 Å². The van der Waals surface area contributed by atoms with Crippen molar-refractivity contribution in [3.63, 3.8) is 0 Å². The SMILES string of the molecule is Cc1cc(Br)c(O)c(C=Nc2ccc3nc(C)ccc3c2)c1. The Kier molecular flexibility index (Phi) is 3.94. The first-order chi connectivity index (χ1) is 10.5. The van der Waals surface area contributed by atoms with E-state index in [0.717, 1.165) is 27.8 Å². The van der Waals surface area contributed by atoms with Crippen LogP contribution in [0.15, 0.2) is 51.9 Å². The molecule has 3 rings (SSSR count). The van der Waals surface area contributed by atoms with Gasteiger partial charge in [0.05, 0.1) is 15.7 Å². The Balaban J connectivity index is 1.97. The van der Waals surface area contributed by atoms with Gasteiger partial charge in [0.2, 0.25) is 0 Å². The first-order valence-corrected chi connectivity index (χ1v) is 7.73. The largest absolute Gasteiger partial charge is 0.506 e. The molecule has 0 bridgehead atoms. The van der Waals surface area contributed by atoms with Gasteiger partial charge in [0.25, 0.3) is 0 Å². The fraction of sp³-hybridized carbons (Fsp3) is 0.111. The van der Waals surface area contributed by atoms with Crippen LogP contribution in [0.3, 0.4) is 0 Å². The van der Waals surface area contributed by atoms with Crippen molar-refractivity contribution < 1.29 is 5.11 Å². The van der Waals surface area contributed by atoms with Crippen LogP contribution < -0.4 is 0 Å². The summed E-state index contributed by atoms with van der Waals surface area (Å²) in [7, 11) is 0. The molecule has 0 radical (unpaired) electrons. The maximum atomic E-state index is 10.1. The van der Waals surface area contributed by atoms with Crippen molar-refractivity contribution >= 4 is 38.7 Å². The van der Waals surface area contributed by atoms with Gasteiger partial charge in [-0.1, -0.05) is 6.07 Å². The predicted molar refractivity (Wildman–Crippen MR) is 94.3 cm³/mol. The van der Waals surface area contributed by atoms with E-state index in [-0.39, 0.29) is 5.75 Å². The van der Waals surface area contributed by atoms with Crippen LogP contribution in [0.5, 0.6) is 5.75 Å². The summed E-state index contributed by atoms with van der Waals surface area (Å²) in [5.41, 5.74) is 4.53. The van der Waals surface area contributed by atoms with Crippen LogP contribution in [0.4, 0.5) is 5.69 Å². The third-order valence-electron chi connectivity index (χ3n) is 3.40. The summed E-state index contributed by atoms with van der Waals surface area (Å²) in [5.74, 6) is 0.201. The molecule has 110 valence electrons. The maximum absolute atomic E-state index is 10.1. The summed E-state index contributed by atoms with van der Waals surface area (Å²) in [6, 6.07) is 13.7. The van der Waals surface area contributed by atoms with Gasteiger partial charge >= 0.3 is 0 Å². The molecule has 0 saturated carbocycles. The van der Waals surface area contributed by atoms with Gasteiger partial charge in [0.1, 0.15) is 5.75 Å². The number of nitrogens with zero attached hydrogens (tertiary/aromatic N) is 2. The van der Waals surface area contributed by atoms with Crippen LogP contribution in [-0.4, -0.2) is 16.3 Å². The molecule has 0 atom stereocenters. The van der Waals surface area contributed by atoms with Crippen molar-refractivity contribution in [1.82, 2.24) is 4.98 Å². The lowest BCUT2D eigenvalue weighted by atomic mass is 10.1. The van der Waals surface area contributed by atoms with Gasteiger partial charge in [0.15, 0.2) is 0 Å². The molecule has 0 aliphatic carbocycles. The molecule has 1 heterocycles. The number of aromatic nitrogens is 1. The minimum Gasteiger partial charge on any atom is -0.506 e. The highest BCUT2D eigenvalue weighted by Gasteiger charge is 2.04. The lowest BCUT2D eigenvalue weighted by Crippen LogP contribution is -1.86. The Morgan fingerprint density at radius 2 is 1.91 bits per heavy atom. The van der Waals surface area contributed by atoms with Crippen LogP contribution in [0.1, 0.15) is 16.8 Å². The van der Waals surface area contributed by atoms with E-state index in [1.807, 2.05) is 56.3 Å². The number of aromatic hydroxyl groups is 1. The molecule has 0 aliphatic heterocycles. The van der Waals surface area contributed by atoms with Gasteiger partial charge in [-0.25, -0.2) is 0 Å². The molecule has 0 fully saturated rings. The maximum Gasteiger partial charge on any atom is 0.138 e. The second kappa shape index (κ2) is 5.89. The summed E-state index contributed by atoms with van der Waals surface area (Å²) < 4.78 is 0.673. The molecule has 4 heteroatoms. The third-order valence-corrected chi connectivity index (χ3v) is 4.01. The molecule has 3 aromatic rings. The van der Waals surface area contributed by atoms with Gasteiger partial charge in [-0.05, 0) is 71.7 Å². The number of rotatable bonds is 2. The molecule has 0 saturated heterocycles. The average Bonchev–Trinajstić information content (AvgIpc) is 2.49. The predicted octanol–water partition coefficient (Wildman–Crippen LogP) is 5.07. The summed E-state index contributed by atoms with van der Waals surface area (Å²) in [6.07, 6.45) is 1.68. The lowest BCUT2D eigenvalue weighted by Gasteiger charge is -2.04. The van der Waals surface area contributed by atoms with Crippen molar-refractivity contribution in [2.45, 2.75) is 13.8 Å². The number of aliphatic imine (C=N–C) groups is 1. The quantitative estimate of drug-likeness (QED) is 0.653. The smallest absolute Gasteiger partial charge is 0.138 e. The van der Waals surface area contributed by atoms with E-state index >= 15 is 0 Å². The van der Waals surface area contributed by atoms with Crippen molar-refractivity contribution in [1.29, 1.82) is 0 Å². The number of phenols is 1. The van der Waals surface area contributed by atoms with Gasteiger partial charge in [-0.3, -0.25) is 9.98 Å². The Morgan fingerprint density at radius 3 is 2.73 bits per heavy atom. The highest BCUT2D eigenvalue weighted by Crippen LogP contribution is 2.29. The average molecular weight is 355 g/mol. The van der Waals surface area contributed by atoms with Gasteiger partial charge in [0, 0.05) is 22.9 Å². The topological polar surface area (TPSA) is 45.5 Å². The second-order valence-corrected chi connectivity index (χ2v) is 6.13. The molecule has 2 aromatic carbocycles. The molecule has 22 heavy (non-hydrogen) atoms. The second-order valence-electron chi connectivity index (χ2n) is 5.27. The Labute approximate surface area is 137 Å². The summed E-state index contributed by atoms with van der Waals surface area (Å²) in [4.78, 5) is 8.93. The first kappa shape index (κ1) is 14.7. The number of fused-ring (bicyclic) bond motifs is 1. The van der Waals surface area contributed by atoms with E-state index in [0.29, 0.717) is 10.0 Å². The Hall–Kier alpha value is -2.20. The normalized spacial score (nSPS) is 11.4. The van der Waals surface area contributed by atoms with E-state index in [9.17, 15) is 5.11 Å². The standard InChI is InChI=1S/C18H15BrN2O/c1-11-7-14(18(22)16(19)8-11)10-20-15-5-6-17-13(9-15)4-3-12(2)21-17/h3-10,22H,1-2H3. The number of hydrogen-bond acceptors (Lipinski definition) is 3. The van der Waals surface area contributed by atoms with Crippen molar-refractivity contribution in [2.75, 3.05) is 0 Å².